The SMILES string of the molecule is O=C1NC(=S)SC1=Cc1ccc(-c2ccc3c(c2)C(=O)OC3)o1. The summed E-state index contributed by atoms with van der Waals surface area (Å²) in [5, 5.41) is 2.55. The topological polar surface area (TPSA) is 68.5 Å². The Morgan fingerprint density at radius 1 is 1.22 bits per heavy atom. The van der Waals surface area contributed by atoms with Gasteiger partial charge in [-0.1, -0.05) is 36.1 Å². The van der Waals surface area contributed by atoms with Crippen LogP contribution in [0.2, 0.25) is 0 Å². The van der Waals surface area contributed by atoms with Crippen LogP contribution in [0.1, 0.15) is 21.7 Å². The highest BCUT2D eigenvalue weighted by atomic mass is 32.2. The van der Waals surface area contributed by atoms with Crippen molar-refractivity contribution in [2.45, 2.75) is 6.61 Å². The van der Waals surface area contributed by atoms with Gasteiger partial charge in [0.2, 0.25) is 0 Å². The summed E-state index contributed by atoms with van der Waals surface area (Å²) in [4.78, 5) is 23.8. The Labute approximate surface area is 140 Å². The minimum Gasteiger partial charge on any atom is -0.457 e. The lowest BCUT2D eigenvalue weighted by atomic mass is 10.0. The van der Waals surface area contributed by atoms with Gasteiger partial charge in [-0.05, 0) is 18.2 Å². The van der Waals surface area contributed by atoms with Gasteiger partial charge in [0.15, 0.2) is 0 Å². The lowest BCUT2D eigenvalue weighted by Crippen LogP contribution is -2.17. The quantitative estimate of drug-likeness (QED) is 0.513. The van der Waals surface area contributed by atoms with Crippen molar-refractivity contribution in [1.29, 1.82) is 0 Å². The fourth-order valence-electron chi connectivity index (χ4n) is 2.40. The van der Waals surface area contributed by atoms with Gasteiger partial charge in [-0.3, -0.25) is 4.79 Å². The Kier molecular flexibility index (Phi) is 3.32. The highest BCUT2D eigenvalue weighted by molar-refractivity contribution is 8.26. The molecule has 2 aromatic rings. The molecule has 7 heteroatoms. The minimum atomic E-state index is -0.316. The Balaban J connectivity index is 1.65. The number of carbonyl (C=O) groups excluding carboxylic acids is 2. The maximum absolute atomic E-state index is 11.6. The van der Waals surface area contributed by atoms with Crippen LogP contribution in [0, 0.1) is 0 Å². The molecule has 0 radical (unpaired) electrons. The monoisotopic (exact) mass is 343 g/mol. The first-order valence-electron chi connectivity index (χ1n) is 6.75. The predicted molar refractivity (Wildman–Crippen MR) is 89.6 cm³/mol. The highest BCUT2D eigenvalue weighted by Crippen LogP contribution is 2.30. The number of cyclic esters (lactones) is 1. The van der Waals surface area contributed by atoms with Crippen molar-refractivity contribution >= 4 is 46.3 Å². The number of esters is 1. The standard InChI is InChI=1S/C16H9NO4S2/c18-14-13(23-16(22)17-14)6-10-3-4-12(21-10)8-1-2-9-7-20-15(19)11(9)5-8/h1-6H,7H2,(H,17,18,22). The summed E-state index contributed by atoms with van der Waals surface area (Å²) in [5.41, 5.74) is 2.22. The number of nitrogens with one attached hydrogen (secondary N) is 1. The van der Waals surface area contributed by atoms with Gasteiger partial charge in [0.25, 0.3) is 5.91 Å². The number of fused-ring (bicyclic) bond motifs is 1. The van der Waals surface area contributed by atoms with Gasteiger partial charge < -0.3 is 14.5 Å². The van der Waals surface area contributed by atoms with Crippen LogP contribution in [0.25, 0.3) is 17.4 Å². The largest absolute Gasteiger partial charge is 0.457 e. The lowest BCUT2D eigenvalue weighted by molar-refractivity contribution is -0.115. The first kappa shape index (κ1) is 14.2. The number of rotatable bonds is 2. The van der Waals surface area contributed by atoms with Crippen molar-refractivity contribution in [3.8, 4) is 11.3 Å². The maximum atomic E-state index is 11.6. The number of hydrogen-bond acceptors (Lipinski definition) is 6. The zero-order chi connectivity index (χ0) is 16.0. The van der Waals surface area contributed by atoms with Crippen LogP contribution in [0.3, 0.4) is 0 Å². The van der Waals surface area contributed by atoms with Crippen LogP contribution < -0.4 is 5.32 Å². The lowest BCUT2D eigenvalue weighted by Gasteiger charge is -1.99. The molecule has 0 saturated carbocycles. The fraction of sp³-hybridized carbons (Fsp3) is 0.0625. The third-order valence-corrected chi connectivity index (χ3v) is 4.68. The Morgan fingerprint density at radius 2 is 2.09 bits per heavy atom. The Hall–Kier alpha value is -2.38. The number of amides is 1. The highest BCUT2D eigenvalue weighted by Gasteiger charge is 2.23. The van der Waals surface area contributed by atoms with Gasteiger partial charge in [-0.25, -0.2) is 4.79 Å². The van der Waals surface area contributed by atoms with Crippen LogP contribution in [0.15, 0.2) is 39.7 Å². The summed E-state index contributed by atoms with van der Waals surface area (Å²) in [7, 11) is 0. The molecule has 114 valence electrons. The van der Waals surface area contributed by atoms with E-state index in [1.54, 1.807) is 24.3 Å². The third kappa shape index (κ3) is 2.58. The molecule has 5 nitrogen and oxygen atoms in total. The summed E-state index contributed by atoms with van der Waals surface area (Å²) in [6.45, 7) is 0.316. The average Bonchev–Trinajstić information content (AvgIpc) is 3.21. The summed E-state index contributed by atoms with van der Waals surface area (Å²) in [5.74, 6) is 0.622. The summed E-state index contributed by atoms with van der Waals surface area (Å²) >= 11 is 6.14. The van der Waals surface area contributed by atoms with Crippen LogP contribution in [0.5, 0.6) is 0 Å². The van der Waals surface area contributed by atoms with Crippen LogP contribution in [-0.4, -0.2) is 16.2 Å². The van der Waals surface area contributed by atoms with Crippen molar-refractivity contribution in [3.05, 3.63) is 52.1 Å². The molecule has 0 unspecified atom stereocenters. The van der Waals surface area contributed by atoms with Crippen LogP contribution in [0.4, 0.5) is 0 Å². The molecule has 1 aromatic heterocycles. The number of thiocarbonyl (C=S) groups is 1. The number of thioether (sulfide) groups is 1. The average molecular weight is 343 g/mol. The number of carbonyl (C=O) groups is 2. The molecular weight excluding hydrogens is 334 g/mol. The predicted octanol–water partition coefficient (Wildman–Crippen LogP) is 3.11. The summed E-state index contributed by atoms with van der Waals surface area (Å²) < 4.78 is 11.2. The van der Waals surface area contributed by atoms with Gasteiger partial charge in [-0.15, -0.1) is 0 Å². The van der Waals surface area contributed by atoms with Gasteiger partial charge in [0.05, 0.1) is 10.5 Å². The van der Waals surface area contributed by atoms with E-state index in [0.717, 1.165) is 11.1 Å². The van der Waals surface area contributed by atoms with E-state index in [1.165, 1.54) is 11.8 Å². The molecular formula is C16H9NO4S2. The van der Waals surface area contributed by atoms with Crippen LogP contribution in [-0.2, 0) is 16.1 Å². The van der Waals surface area contributed by atoms with E-state index in [2.05, 4.69) is 5.32 Å². The zero-order valence-corrected chi connectivity index (χ0v) is 13.3. The third-order valence-electron chi connectivity index (χ3n) is 3.52. The number of hydrogen-bond donors (Lipinski definition) is 1. The molecule has 1 fully saturated rings. The summed E-state index contributed by atoms with van der Waals surface area (Å²) in [6.07, 6.45) is 1.64. The normalized spacial score (nSPS) is 18.3. The second-order valence-electron chi connectivity index (χ2n) is 5.00. The van der Waals surface area contributed by atoms with E-state index in [-0.39, 0.29) is 11.9 Å². The molecule has 3 heterocycles. The van der Waals surface area contributed by atoms with E-state index in [1.807, 2.05) is 12.1 Å². The van der Waals surface area contributed by atoms with Crippen molar-refractivity contribution < 1.29 is 18.7 Å². The number of ether oxygens (including phenoxy) is 1. The smallest absolute Gasteiger partial charge is 0.338 e. The molecule has 0 aliphatic carbocycles. The van der Waals surface area contributed by atoms with Gasteiger partial charge >= 0.3 is 5.97 Å². The zero-order valence-electron chi connectivity index (χ0n) is 11.6. The minimum absolute atomic E-state index is 0.224. The molecule has 23 heavy (non-hydrogen) atoms. The molecule has 1 aromatic carbocycles. The molecule has 1 N–H and O–H groups in total. The molecule has 4 rings (SSSR count). The van der Waals surface area contributed by atoms with E-state index in [9.17, 15) is 9.59 Å². The maximum Gasteiger partial charge on any atom is 0.338 e. The van der Waals surface area contributed by atoms with Crippen LogP contribution >= 0.6 is 24.0 Å². The molecule has 2 aliphatic heterocycles. The second-order valence-corrected chi connectivity index (χ2v) is 6.72. The molecule has 0 spiro atoms. The molecule has 0 bridgehead atoms. The van der Waals surface area contributed by atoms with Crippen molar-refractivity contribution in [2.24, 2.45) is 0 Å². The Bertz CT molecular complexity index is 897. The second kappa shape index (κ2) is 5.36. The molecule has 2 aliphatic rings. The van der Waals surface area contributed by atoms with Gasteiger partial charge in [0.1, 0.15) is 22.4 Å². The molecule has 0 atom stereocenters. The van der Waals surface area contributed by atoms with E-state index in [0.29, 0.717) is 32.9 Å². The fourth-order valence-corrected chi connectivity index (χ4v) is 3.43. The van der Waals surface area contributed by atoms with E-state index < -0.39 is 0 Å². The molecule has 1 saturated heterocycles. The van der Waals surface area contributed by atoms with E-state index >= 15 is 0 Å². The van der Waals surface area contributed by atoms with Crippen molar-refractivity contribution in [1.82, 2.24) is 5.32 Å². The van der Waals surface area contributed by atoms with E-state index in [4.69, 9.17) is 21.4 Å². The number of furan rings is 1. The van der Waals surface area contributed by atoms with Crippen molar-refractivity contribution in [2.75, 3.05) is 0 Å². The van der Waals surface area contributed by atoms with Crippen molar-refractivity contribution in [3.63, 3.8) is 0 Å². The first-order chi connectivity index (χ1) is 11.1. The summed E-state index contributed by atoms with van der Waals surface area (Å²) in [6, 6.07) is 9.05. The van der Waals surface area contributed by atoms with Gasteiger partial charge in [-0.2, -0.15) is 0 Å². The number of benzene rings is 1. The first-order valence-corrected chi connectivity index (χ1v) is 7.98. The Morgan fingerprint density at radius 3 is 2.87 bits per heavy atom. The molecule has 1 amide bonds. The van der Waals surface area contributed by atoms with Gasteiger partial charge in [0, 0.05) is 17.2 Å².